The van der Waals surface area contributed by atoms with Crippen LogP contribution in [0.2, 0.25) is 0 Å². The lowest BCUT2D eigenvalue weighted by Gasteiger charge is -2.43. The van der Waals surface area contributed by atoms with E-state index in [0.29, 0.717) is 5.41 Å². The first kappa shape index (κ1) is 26.0. The fourth-order valence-corrected chi connectivity index (χ4v) is 5.35. The Morgan fingerprint density at radius 3 is 1.85 bits per heavy atom. The van der Waals surface area contributed by atoms with Crippen molar-refractivity contribution in [3.8, 4) is 0 Å². The van der Waals surface area contributed by atoms with E-state index < -0.39 is 0 Å². The van der Waals surface area contributed by atoms with Crippen molar-refractivity contribution in [1.29, 1.82) is 0 Å². The van der Waals surface area contributed by atoms with Gasteiger partial charge in [-0.05, 0) is 41.9 Å². The summed E-state index contributed by atoms with van der Waals surface area (Å²) < 4.78 is 0. The highest BCUT2D eigenvalue weighted by atomic mass is 14.4. The molecular formula is C26H54. The van der Waals surface area contributed by atoms with Gasteiger partial charge in [0.1, 0.15) is 0 Å². The molecule has 26 heavy (non-hydrogen) atoms. The second-order valence-electron chi connectivity index (χ2n) is 10.00. The first-order valence-corrected chi connectivity index (χ1v) is 12.3. The Bertz CT molecular complexity index is 307. The van der Waals surface area contributed by atoms with Crippen LogP contribution in [0.25, 0.3) is 0 Å². The molecule has 0 aromatic rings. The highest BCUT2D eigenvalue weighted by Crippen LogP contribution is 2.46. The summed E-state index contributed by atoms with van der Waals surface area (Å²) in [4.78, 5) is 0. The van der Waals surface area contributed by atoms with Crippen molar-refractivity contribution in [1.82, 2.24) is 0 Å². The molecule has 0 saturated carbocycles. The van der Waals surface area contributed by atoms with E-state index in [9.17, 15) is 0 Å². The molecular weight excluding hydrogens is 312 g/mol. The van der Waals surface area contributed by atoms with Gasteiger partial charge in [0.2, 0.25) is 0 Å². The monoisotopic (exact) mass is 366 g/mol. The highest BCUT2D eigenvalue weighted by molar-refractivity contribution is 4.86. The first-order valence-electron chi connectivity index (χ1n) is 12.3. The lowest BCUT2D eigenvalue weighted by atomic mass is 9.62. The van der Waals surface area contributed by atoms with Gasteiger partial charge in [-0.25, -0.2) is 0 Å². The summed E-state index contributed by atoms with van der Waals surface area (Å²) in [6.07, 6.45) is 18.3. The number of unbranched alkanes of at least 4 members (excludes halogenated alkanes) is 4. The van der Waals surface area contributed by atoms with E-state index in [-0.39, 0.29) is 0 Å². The van der Waals surface area contributed by atoms with E-state index in [4.69, 9.17) is 0 Å². The molecule has 0 N–H and O–H groups in total. The summed E-state index contributed by atoms with van der Waals surface area (Å²) >= 11 is 0. The molecule has 0 nitrogen and oxygen atoms in total. The summed E-state index contributed by atoms with van der Waals surface area (Å²) in [5, 5.41) is 0. The lowest BCUT2D eigenvalue weighted by Crippen LogP contribution is -2.34. The molecule has 0 aliphatic heterocycles. The van der Waals surface area contributed by atoms with Crippen LogP contribution in [-0.4, -0.2) is 0 Å². The van der Waals surface area contributed by atoms with E-state index in [1.165, 1.54) is 83.5 Å². The van der Waals surface area contributed by atoms with Crippen molar-refractivity contribution in [2.75, 3.05) is 0 Å². The Balaban J connectivity index is 4.69. The average molecular weight is 367 g/mol. The minimum atomic E-state index is 0.546. The molecule has 0 heteroatoms. The number of hydrogen-bond acceptors (Lipinski definition) is 0. The molecule has 5 atom stereocenters. The van der Waals surface area contributed by atoms with Gasteiger partial charge >= 0.3 is 0 Å². The zero-order valence-electron chi connectivity index (χ0n) is 20.0. The Morgan fingerprint density at radius 1 is 0.654 bits per heavy atom. The fourth-order valence-electron chi connectivity index (χ4n) is 5.35. The van der Waals surface area contributed by atoms with Crippen LogP contribution in [0, 0.1) is 29.1 Å². The first-order chi connectivity index (χ1) is 12.3. The van der Waals surface area contributed by atoms with Gasteiger partial charge in [-0.1, -0.05) is 126 Å². The predicted molar refractivity (Wildman–Crippen MR) is 122 cm³/mol. The molecule has 0 radical (unpaired) electrons. The van der Waals surface area contributed by atoms with E-state index in [0.717, 1.165) is 23.7 Å². The van der Waals surface area contributed by atoms with Crippen molar-refractivity contribution < 1.29 is 0 Å². The van der Waals surface area contributed by atoms with Gasteiger partial charge in [0.25, 0.3) is 0 Å². The van der Waals surface area contributed by atoms with Crippen molar-refractivity contribution in [2.45, 2.75) is 139 Å². The molecule has 0 bridgehead atoms. The molecule has 0 heterocycles. The second-order valence-corrected chi connectivity index (χ2v) is 10.00. The molecule has 0 fully saturated rings. The van der Waals surface area contributed by atoms with Crippen molar-refractivity contribution in [3.05, 3.63) is 0 Å². The molecule has 0 aromatic heterocycles. The maximum atomic E-state index is 2.63. The topological polar surface area (TPSA) is 0 Å². The van der Waals surface area contributed by atoms with E-state index in [2.05, 4.69) is 55.4 Å². The van der Waals surface area contributed by atoms with E-state index in [1.807, 2.05) is 0 Å². The summed E-state index contributed by atoms with van der Waals surface area (Å²) in [7, 11) is 0. The summed E-state index contributed by atoms with van der Waals surface area (Å²) in [6.45, 7) is 19.7. The summed E-state index contributed by atoms with van der Waals surface area (Å²) in [5.74, 6) is 3.57. The summed E-state index contributed by atoms with van der Waals surface area (Å²) in [6, 6.07) is 0. The van der Waals surface area contributed by atoms with Crippen LogP contribution in [0.4, 0.5) is 0 Å². The molecule has 0 aromatic carbocycles. The van der Waals surface area contributed by atoms with Gasteiger partial charge in [-0.15, -0.1) is 0 Å². The van der Waals surface area contributed by atoms with Gasteiger partial charge in [0.15, 0.2) is 0 Å². The SMILES string of the molecule is CCCCCC[C@H](C)CCC(C)C(CC)[C@](C)(CCCC)C[C@@H](C)CC. The molecule has 158 valence electrons. The maximum Gasteiger partial charge on any atom is -0.0293 e. The fraction of sp³-hybridized carbons (Fsp3) is 1.00. The normalized spacial score (nSPS) is 18.9. The van der Waals surface area contributed by atoms with Crippen molar-refractivity contribution >= 4 is 0 Å². The lowest BCUT2D eigenvalue weighted by molar-refractivity contribution is 0.0705. The molecule has 0 saturated heterocycles. The van der Waals surface area contributed by atoms with Crippen molar-refractivity contribution in [2.24, 2.45) is 29.1 Å². The Hall–Kier alpha value is 0. The van der Waals surface area contributed by atoms with Gasteiger partial charge in [0.05, 0.1) is 0 Å². The standard InChI is InChI=1S/C26H54/c1-9-13-15-16-17-23(6)18-19-24(7)25(12-4)26(8,20-14-10-2)21-22(5)11-3/h22-25H,9-21H2,1-8H3/t22-,23-,24?,25?,26+/m0/s1. The predicted octanol–water partition coefficient (Wildman–Crippen LogP) is 9.67. The Labute approximate surface area is 168 Å². The minimum Gasteiger partial charge on any atom is -0.0654 e. The van der Waals surface area contributed by atoms with Crippen LogP contribution in [-0.2, 0) is 0 Å². The van der Waals surface area contributed by atoms with Crippen LogP contribution in [0.1, 0.15) is 139 Å². The number of hydrogen-bond donors (Lipinski definition) is 0. The Kier molecular flexibility index (Phi) is 15.0. The number of rotatable bonds is 17. The average Bonchev–Trinajstić information content (AvgIpc) is 2.62. The van der Waals surface area contributed by atoms with Crippen LogP contribution in [0.15, 0.2) is 0 Å². The van der Waals surface area contributed by atoms with Crippen LogP contribution in [0.5, 0.6) is 0 Å². The third kappa shape index (κ3) is 10.4. The van der Waals surface area contributed by atoms with Crippen molar-refractivity contribution in [3.63, 3.8) is 0 Å². The van der Waals surface area contributed by atoms with E-state index in [1.54, 1.807) is 0 Å². The zero-order chi connectivity index (χ0) is 20.0. The second kappa shape index (κ2) is 15.0. The summed E-state index contributed by atoms with van der Waals surface area (Å²) in [5.41, 5.74) is 0.546. The quantitative estimate of drug-likeness (QED) is 0.225. The molecule has 0 rings (SSSR count). The third-order valence-electron chi connectivity index (χ3n) is 7.30. The van der Waals surface area contributed by atoms with Gasteiger partial charge in [0, 0.05) is 0 Å². The molecule has 0 spiro atoms. The smallest absolute Gasteiger partial charge is 0.0293 e. The van der Waals surface area contributed by atoms with Gasteiger partial charge in [-0.3, -0.25) is 0 Å². The van der Waals surface area contributed by atoms with E-state index >= 15 is 0 Å². The molecule has 2 unspecified atom stereocenters. The maximum absolute atomic E-state index is 2.63. The van der Waals surface area contributed by atoms with Gasteiger partial charge in [-0.2, -0.15) is 0 Å². The zero-order valence-corrected chi connectivity index (χ0v) is 20.0. The van der Waals surface area contributed by atoms with Crippen LogP contribution < -0.4 is 0 Å². The highest BCUT2D eigenvalue weighted by Gasteiger charge is 2.36. The third-order valence-corrected chi connectivity index (χ3v) is 7.30. The molecule has 0 aliphatic carbocycles. The van der Waals surface area contributed by atoms with Gasteiger partial charge < -0.3 is 0 Å². The molecule has 0 amide bonds. The van der Waals surface area contributed by atoms with Crippen LogP contribution >= 0.6 is 0 Å². The minimum absolute atomic E-state index is 0.546. The Morgan fingerprint density at radius 2 is 1.31 bits per heavy atom. The molecule has 0 aliphatic rings. The largest absolute Gasteiger partial charge is 0.0654 e. The van der Waals surface area contributed by atoms with Crippen LogP contribution in [0.3, 0.4) is 0 Å².